The Morgan fingerprint density at radius 2 is 1.88 bits per heavy atom. The second-order valence-corrected chi connectivity index (χ2v) is 3.35. The number of aliphatic carboxylic acids is 1. The van der Waals surface area contributed by atoms with Gasteiger partial charge in [-0.15, -0.1) is 0 Å². The highest BCUT2D eigenvalue weighted by Crippen LogP contribution is 2.02. The van der Waals surface area contributed by atoms with Gasteiger partial charge in [-0.05, 0) is 12.0 Å². The summed E-state index contributed by atoms with van der Waals surface area (Å²) in [5, 5.41) is 19.6. The van der Waals surface area contributed by atoms with Gasteiger partial charge in [-0.1, -0.05) is 30.3 Å². The van der Waals surface area contributed by atoms with Crippen LogP contribution in [0, 0.1) is 0 Å². The van der Waals surface area contributed by atoms with Crippen LogP contribution in [0.25, 0.3) is 0 Å². The Hall–Kier alpha value is -1.88. The van der Waals surface area contributed by atoms with Crippen molar-refractivity contribution in [1.82, 2.24) is 5.32 Å². The minimum atomic E-state index is -1.55. The largest absolute Gasteiger partial charge is 0.474 e. The summed E-state index contributed by atoms with van der Waals surface area (Å²) in [5.74, 6) is -2.65. The lowest BCUT2D eigenvalue weighted by atomic mass is 10.1. The van der Waals surface area contributed by atoms with Crippen molar-refractivity contribution in [2.75, 3.05) is 6.61 Å². The molecular weight excluding hydrogens is 210 g/mol. The summed E-state index contributed by atoms with van der Waals surface area (Å²) in [5.41, 5.74) is 0.923. The minimum absolute atomic E-state index is 0.298. The van der Waals surface area contributed by atoms with Crippen molar-refractivity contribution < 1.29 is 19.8 Å². The number of hydrogen-bond acceptors (Lipinski definition) is 3. The van der Waals surface area contributed by atoms with E-state index in [1.54, 1.807) is 0 Å². The van der Waals surface area contributed by atoms with E-state index in [4.69, 9.17) is 10.2 Å². The molecule has 5 nitrogen and oxygen atoms in total. The molecular formula is C11H13NO4. The van der Waals surface area contributed by atoms with Gasteiger partial charge < -0.3 is 15.5 Å². The number of carboxylic acid groups (broad SMARTS) is 1. The molecule has 0 saturated heterocycles. The van der Waals surface area contributed by atoms with Crippen molar-refractivity contribution in [3.63, 3.8) is 0 Å². The Labute approximate surface area is 92.7 Å². The number of nitrogens with one attached hydrogen (secondary N) is 1. The topological polar surface area (TPSA) is 86.6 Å². The maximum absolute atomic E-state index is 10.9. The monoisotopic (exact) mass is 223 g/mol. The second kappa shape index (κ2) is 5.87. The molecule has 0 aliphatic rings. The number of carbonyl (C=O) groups excluding carboxylic acids is 1. The predicted octanol–water partition coefficient (Wildman–Crippen LogP) is -0.209. The lowest BCUT2D eigenvalue weighted by molar-refractivity contribution is -0.150. The Morgan fingerprint density at radius 3 is 2.38 bits per heavy atom. The van der Waals surface area contributed by atoms with Gasteiger partial charge in [-0.25, -0.2) is 4.79 Å². The number of hydrogen-bond donors (Lipinski definition) is 3. The quantitative estimate of drug-likeness (QED) is 0.616. The lowest BCUT2D eigenvalue weighted by Gasteiger charge is -2.14. The van der Waals surface area contributed by atoms with E-state index in [9.17, 15) is 9.59 Å². The van der Waals surface area contributed by atoms with E-state index in [1.165, 1.54) is 0 Å². The van der Waals surface area contributed by atoms with E-state index in [2.05, 4.69) is 5.32 Å². The van der Waals surface area contributed by atoms with Gasteiger partial charge in [-0.2, -0.15) is 0 Å². The normalized spacial score (nSPS) is 11.8. The van der Waals surface area contributed by atoms with E-state index in [1.807, 2.05) is 30.3 Å². The molecule has 0 heterocycles. The molecule has 0 bridgehead atoms. The molecule has 0 radical (unpaired) electrons. The predicted molar refractivity (Wildman–Crippen MR) is 56.8 cm³/mol. The molecule has 0 spiro atoms. The molecule has 0 aromatic heterocycles. The molecule has 3 N–H and O–H groups in total. The first-order chi connectivity index (χ1) is 7.63. The van der Waals surface area contributed by atoms with Gasteiger partial charge in [0.1, 0.15) is 0 Å². The zero-order valence-electron chi connectivity index (χ0n) is 8.59. The first-order valence-corrected chi connectivity index (χ1v) is 4.82. The fourth-order valence-corrected chi connectivity index (χ4v) is 1.31. The van der Waals surface area contributed by atoms with Crippen LogP contribution in [0.5, 0.6) is 0 Å². The van der Waals surface area contributed by atoms with Gasteiger partial charge in [0, 0.05) is 0 Å². The first-order valence-electron chi connectivity index (χ1n) is 4.82. The summed E-state index contributed by atoms with van der Waals surface area (Å²) in [6.45, 7) is -0.298. The highest BCUT2D eigenvalue weighted by Gasteiger charge is 2.16. The highest BCUT2D eigenvalue weighted by atomic mass is 16.4. The molecule has 0 aliphatic heterocycles. The fraction of sp³-hybridized carbons (Fsp3) is 0.273. The van der Waals surface area contributed by atoms with Crippen molar-refractivity contribution >= 4 is 11.9 Å². The zero-order valence-corrected chi connectivity index (χ0v) is 8.59. The molecule has 0 unspecified atom stereocenters. The number of carboxylic acids is 1. The Morgan fingerprint density at radius 1 is 1.25 bits per heavy atom. The van der Waals surface area contributed by atoms with E-state index >= 15 is 0 Å². The fourth-order valence-electron chi connectivity index (χ4n) is 1.31. The Kier molecular flexibility index (Phi) is 4.47. The zero-order chi connectivity index (χ0) is 12.0. The van der Waals surface area contributed by atoms with Crippen molar-refractivity contribution in [2.24, 2.45) is 0 Å². The number of aliphatic hydroxyl groups is 1. The standard InChI is InChI=1S/C11H13NO4/c13-7-9(12-10(14)11(15)16)6-8-4-2-1-3-5-8/h1-5,9,13H,6-7H2,(H,12,14)(H,15,16)/t9-/m0/s1. The molecule has 16 heavy (non-hydrogen) atoms. The number of amides is 1. The Bertz CT molecular complexity index is 364. The first kappa shape index (κ1) is 12.2. The lowest BCUT2D eigenvalue weighted by Crippen LogP contribution is -2.42. The van der Waals surface area contributed by atoms with E-state index in [0.717, 1.165) is 5.56 Å². The molecule has 0 saturated carbocycles. The third-order valence-electron chi connectivity index (χ3n) is 2.07. The molecule has 1 amide bonds. The van der Waals surface area contributed by atoms with Gasteiger partial charge in [0.15, 0.2) is 0 Å². The van der Waals surface area contributed by atoms with Crippen molar-refractivity contribution in [3.05, 3.63) is 35.9 Å². The van der Waals surface area contributed by atoms with Crippen molar-refractivity contribution in [1.29, 1.82) is 0 Å². The van der Waals surface area contributed by atoms with Gasteiger partial charge in [0.2, 0.25) is 0 Å². The SMILES string of the molecule is O=C(O)C(=O)N[C@H](CO)Cc1ccccc1. The number of aliphatic hydroxyl groups excluding tert-OH is 1. The van der Waals surface area contributed by atoms with Crippen LogP contribution in [0.2, 0.25) is 0 Å². The molecule has 5 heteroatoms. The van der Waals surface area contributed by atoms with Gasteiger partial charge >= 0.3 is 11.9 Å². The van der Waals surface area contributed by atoms with Crippen LogP contribution in [0.1, 0.15) is 5.56 Å². The van der Waals surface area contributed by atoms with Gasteiger partial charge in [0.25, 0.3) is 0 Å². The van der Waals surface area contributed by atoms with Crippen LogP contribution in [0.3, 0.4) is 0 Å². The molecule has 1 rings (SSSR count). The summed E-state index contributed by atoms with van der Waals surface area (Å²) >= 11 is 0. The highest BCUT2D eigenvalue weighted by molar-refractivity contribution is 6.31. The maximum Gasteiger partial charge on any atom is 0.394 e. The van der Waals surface area contributed by atoms with Crippen LogP contribution in [0.15, 0.2) is 30.3 Å². The van der Waals surface area contributed by atoms with Crippen LogP contribution in [-0.2, 0) is 16.0 Å². The molecule has 1 aromatic carbocycles. The summed E-state index contributed by atoms with van der Waals surface area (Å²) in [4.78, 5) is 21.2. The third kappa shape index (κ3) is 3.70. The van der Waals surface area contributed by atoms with Crippen molar-refractivity contribution in [3.8, 4) is 0 Å². The minimum Gasteiger partial charge on any atom is -0.474 e. The summed E-state index contributed by atoms with van der Waals surface area (Å²) in [7, 11) is 0. The van der Waals surface area contributed by atoms with Crippen molar-refractivity contribution in [2.45, 2.75) is 12.5 Å². The van der Waals surface area contributed by atoms with Crippen LogP contribution >= 0.6 is 0 Å². The van der Waals surface area contributed by atoms with E-state index < -0.39 is 17.9 Å². The van der Waals surface area contributed by atoms with Crippen LogP contribution in [0.4, 0.5) is 0 Å². The molecule has 1 aromatic rings. The third-order valence-corrected chi connectivity index (χ3v) is 2.07. The molecule has 1 atom stereocenters. The molecule has 0 aliphatic carbocycles. The summed E-state index contributed by atoms with van der Waals surface area (Å²) in [6, 6.07) is 8.63. The average Bonchev–Trinajstić information content (AvgIpc) is 2.29. The maximum atomic E-state index is 10.9. The van der Waals surface area contributed by atoms with E-state index in [0.29, 0.717) is 6.42 Å². The van der Waals surface area contributed by atoms with Crippen LogP contribution < -0.4 is 5.32 Å². The number of rotatable bonds is 4. The Balaban J connectivity index is 2.56. The van der Waals surface area contributed by atoms with Gasteiger partial charge in [0.05, 0.1) is 12.6 Å². The second-order valence-electron chi connectivity index (χ2n) is 3.35. The van der Waals surface area contributed by atoms with Crippen LogP contribution in [-0.4, -0.2) is 34.7 Å². The average molecular weight is 223 g/mol. The molecule has 0 fully saturated rings. The number of benzene rings is 1. The van der Waals surface area contributed by atoms with Gasteiger partial charge in [-0.3, -0.25) is 4.79 Å². The summed E-state index contributed by atoms with van der Waals surface area (Å²) in [6.07, 6.45) is 0.399. The smallest absolute Gasteiger partial charge is 0.394 e. The number of carbonyl (C=O) groups is 2. The summed E-state index contributed by atoms with van der Waals surface area (Å²) < 4.78 is 0. The molecule has 86 valence electrons. The van der Waals surface area contributed by atoms with E-state index in [-0.39, 0.29) is 6.61 Å².